The topological polar surface area (TPSA) is 62.0 Å². The molecule has 112 valence electrons. The lowest BCUT2D eigenvalue weighted by Gasteiger charge is -2.21. The molecule has 0 fully saturated rings. The van der Waals surface area contributed by atoms with Gasteiger partial charge in [0, 0.05) is 36.2 Å². The zero-order chi connectivity index (χ0) is 14.4. The third kappa shape index (κ3) is 4.64. The van der Waals surface area contributed by atoms with Crippen LogP contribution in [0.1, 0.15) is 31.3 Å². The standard InChI is InChI=1S/C13H22N4OS2/c1-9(2)17-13(19)14-4-6-20-7-11-12-10(3-5-18-11)15-8-16-12/h8-9,11H,3-7H2,1-2H3,(H,15,16)(H2,14,17,19). The zero-order valence-electron chi connectivity index (χ0n) is 11.9. The van der Waals surface area contributed by atoms with Crippen LogP contribution in [-0.4, -0.2) is 45.8 Å². The number of H-pyrrole nitrogens is 1. The lowest BCUT2D eigenvalue weighted by Crippen LogP contribution is -2.40. The largest absolute Gasteiger partial charge is 0.371 e. The number of imidazole rings is 1. The van der Waals surface area contributed by atoms with Crippen LogP contribution in [-0.2, 0) is 11.2 Å². The third-order valence-corrected chi connectivity index (χ3v) is 4.24. The molecular weight excluding hydrogens is 292 g/mol. The fourth-order valence-electron chi connectivity index (χ4n) is 2.06. The molecule has 1 atom stereocenters. The van der Waals surface area contributed by atoms with Crippen LogP contribution in [0.3, 0.4) is 0 Å². The molecule has 2 heterocycles. The molecule has 0 aromatic carbocycles. The summed E-state index contributed by atoms with van der Waals surface area (Å²) in [6, 6.07) is 0.372. The van der Waals surface area contributed by atoms with Crippen LogP contribution in [0, 0.1) is 0 Å². The Morgan fingerprint density at radius 2 is 2.50 bits per heavy atom. The molecule has 0 spiro atoms. The first-order chi connectivity index (χ1) is 9.66. The Morgan fingerprint density at radius 1 is 1.65 bits per heavy atom. The molecule has 1 aliphatic heterocycles. The van der Waals surface area contributed by atoms with Crippen LogP contribution in [0.15, 0.2) is 6.33 Å². The van der Waals surface area contributed by atoms with Crippen molar-refractivity contribution in [1.29, 1.82) is 0 Å². The van der Waals surface area contributed by atoms with Crippen molar-refractivity contribution < 1.29 is 4.74 Å². The number of aromatic amines is 1. The van der Waals surface area contributed by atoms with Gasteiger partial charge in [-0.1, -0.05) is 0 Å². The van der Waals surface area contributed by atoms with Crippen molar-refractivity contribution in [3.63, 3.8) is 0 Å². The molecule has 0 amide bonds. The maximum Gasteiger partial charge on any atom is 0.166 e. The van der Waals surface area contributed by atoms with Gasteiger partial charge in [0.25, 0.3) is 0 Å². The summed E-state index contributed by atoms with van der Waals surface area (Å²) in [6.45, 7) is 5.79. The van der Waals surface area contributed by atoms with Crippen molar-refractivity contribution in [3.8, 4) is 0 Å². The van der Waals surface area contributed by atoms with Crippen molar-refractivity contribution >= 4 is 29.1 Å². The van der Waals surface area contributed by atoms with E-state index in [1.807, 2.05) is 11.8 Å². The minimum Gasteiger partial charge on any atom is -0.371 e. The Morgan fingerprint density at radius 3 is 3.30 bits per heavy atom. The molecule has 2 rings (SSSR count). The van der Waals surface area contributed by atoms with Crippen LogP contribution in [0.25, 0.3) is 0 Å². The van der Waals surface area contributed by atoms with Crippen molar-refractivity contribution in [2.75, 3.05) is 24.7 Å². The highest BCUT2D eigenvalue weighted by atomic mass is 32.2. The average molecular weight is 314 g/mol. The van der Waals surface area contributed by atoms with E-state index >= 15 is 0 Å². The third-order valence-electron chi connectivity index (χ3n) is 2.95. The highest BCUT2D eigenvalue weighted by Crippen LogP contribution is 2.27. The lowest BCUT2D eigenvalue weighted by atomic mass is 10.1. The quantitative estimate of drug-likeness (QED) is 0.548. The van der Waals surface area contributed by atoms with Gasteiger partial charge in [0.2, 0.25) is 0 Å². The number of hydrogen-bond donors (Lipinski definition) is 3. The first-order valence-corrected chi connectivity index (χ1v) is 8.49. The van der Waals surface area contributed by atoms with E-state index in [9.17, 15) is 0 Å². The summed E-state index contributed by atoms with van der Waals surface area (Å²) in [6.07, 6.45) is 2.82. The van der Waals surface area contributed by atoms with Gasteiger partial charge in [-0.2, -0.15) is 11.8 Å². The van der Waals surface area contributed by atoms with Crippen molar-refractivity contribution in [3.05, 3.63) is 17.7 Å². The van der Waals surface area contributed by atoms with E-state index in [4.69, 9.17) is 17.0 Å². The van der Waals surface area contributed by atoms with Crippen LogP contribution < -0.4 is 10.6 Å². The van der Waals surface area contributed by atoms with E-state index < -0.39 is 0 Å². The smallest absolute Gasteiger partial charge is 0.166 e. The molecule has 0 saturated carbocycles. The van der Waals surface area contributed by atoms with E-state index in [1.165, 1.54) is 5.69 Å². The number of fused-ring (bicyclic) bond motifs is 1. The fraction of sp³-hybridized carbons (Fsp3) is 0.692. The summed E-state index contributed by atoms with van der Waals surface area (Å²) >= 11 is 7.03. The summed E-state index contributed by atoms with van der Waals surface area (Å²) in [5, 5.41) is 7.09. The number of thiocarbonyl (C=S) groups is 1. The molecule has 0 radical (unpaired) electrons. The van der Waals surface area contributed by atoms with E-state index in [-0.39, 0.29) is 6.10 Å². The summed E-state index contributed by atoms with van der Waals surface area (Å²) in [5.41, 5.74) is 2.30. The lowest BCUT2D eigenvalue weighted by molar-refractivity contribution is 0.0554. The maximum atomic E-state index is 5.78. The van der Waals surface area contributed by atoms with Gasteiger partial charge in [-0.25, -0.2) is 4.98 Å². The summed E-state index contributed by atoms with van der Waals surface area (Å²) in [7, 11) is 0. The van der Waals surface area contributed by atoms with E-state index in [1.54, 1.807) is 6.33 Å². The van der Waals surface area contributed by atoms with Gasteiger partial charge < -0.3 is 20.4 Å². The summed E-state index contributed by atoms with van der Waals surface area (Å²) in [5.74, 6) is 1.93. The molecule has 7 heteroatoms. The van der Waals surface area contributed by atoms with Gasteiger partial charge in [0.15, 0.2) is 5.11 Å². The second kappa shape index (κ2) is 7.85. The molecule has 20 heavy (non-hydrogen) atoms. The molecule has 1 aromatic heterocycles. The van der Waals surface area contributed by atoms with E-state index in [0.717, 1.165) is 41.9 Å². The Balaban J connectivity index is 1.62. The van der Waals surface area contributed by atoms with Crippen molar-refractivity contribution in [1.82, 2.24) is 20.6 Å². The Kier molecular flexibility index (Phi) is 6.12. The number of thioether (sulfide) groups is 1. The molecule has 1 unspecified atom stereocenters. The minimum atomic E-state index is 0.121. The SMILES string of the molecule is CC(C)NC(=S)NCCSCC1OCCc2[nH]cnc21. The highest BCUT2D eigenvalue weighted by Gasteiger charge is 2.22. The fourth-order valence-corrected chi connectivity index (χ4v) is 3.28. The monoisotopic (exact) mass is 314 g/mol. The van der Waals surface area contributed by atoms with Crippen LogP contribution in [0.5, 0.6) is 0 Å². The highest BCUT2D eigenvalue weighted by molar-refractivity contribution is 7.99. The average Bonchev–Trinajstić information content (AvgIpc) is 2.86. The van der Waals surface area contributed by atoms with Crippen LogP contribution >= 0.6 is 24.0 Å². The molecule has 1 aliphatic rings. The molecular formula is C13H22N4OS2. The van der Waals surface area contributed by atoms with Crippen LogP contribution in [0.2, 0.25) is 0 Å². The number of nitrogens with one attached hydrogen (secondary N) is 3. The summed E-state index contributed by atoms with van der Waals surface area (Å²) in [4.78, 5) is 7.54. The predicted octanol–water partition coefficient (Wildman–Crippen LogP) is 1.63. The normalized spacial score (nSPS) is 17.9. The molecule has 0 saturated heterocycles. The number of nitrogens with zero attached hydrogens (tertiary/aromatic N) is 1. The van der Waals surface area contributed by atoms with Gasteiger partial charge in [0.05, 0.1) is 18.6 Å². The van der Waals surface area contributed by atoms with Gasteiger partial charge in [-0.15, -0.1) is 0 Å². The first-order valence-electron chi connectivity index (χ1n) is 6.92. The predicted molar refractivity (Wildman–Crippen MR) is 87.2 cm³/mol. The van der Waals surface area contributed by atoms with Gasteiger partial charge >= 0.3 is 0 Å². The number of rotatable bonds is 6. The Hall–Kier alpha value is -0.790. The number of aromatic nitrogens is 2. The van der Waals surface area contributed by atoms with Crippen LogP contribution in [0.4, 0.5) is 0 Å². The molecule has 3 N–H and O–H groups in total. The van der Waals surface area contributed by atoms with Gasteiger partial charge in [0.1, 0.15) is 6.10 Å². The molecule has 1 aromatic rings. The molecule has 0 aliphatic carbocycles. The van der Waals surface area contributed by atoms with E-state index in [0.29, 0.717) is 6.04 Å². The summed E-state index contributed by atoms with van der Waals surface area (Å²) < 4.78 is 5.78. The van der Waals surface area contributed by atoms with Crippen molar-refractivity contribution in [2.45, 2.75) is 32.4 Å². The number of ether oxygens (including phenoxy) is 1. The van der Waals surface area contributed by atoms with Crippen molar-refractivity contribution in [2.24, 2.45) is 0 Å². The Bertz CT molecular complexity index is 436. The molecule has 0 bridgehead atoms. The second-order valence-electron chi connectivity index (χ2n) is 5.01. The number of hydrogen-bond acceptors (Lipinski definition) is 4. The minimum absolute atomic E-state index is 0.121. The molecule has 5 nitrogen and oxygen atoms in total. The first kappa shape index (κ1) is 15.6. The zero-order valence-corrected chi connectivity index (χ0v) is 13.6. The van der Waals surface area contributed by atoms with Gasteiger partial charge in [-0.3, -0.25) is 0 Å². The van der Waals surface area contributed by atoms with Gasteiger partial charge in [-0.05, 0) is 26.1 Å². The maximum absolute atomic E-state index is 5.78. The van der Waals surface area contributed by atoms with E-state index in [2.05, 4.69) is 34.4 Å². The second-order valence-corrected chi connectivity index (χ2v) is 6.56. The Labute approximate surface area is 129 Å².